The number of halogens is 2. The molecule has 4 aromatic rings. The minimum Gasteiger partial charge on any atom is -0.489 e. The van der Waals surface area contributed by atoms with E-state index >= 15 is 0 Å². The maximum absolute atomic E-state index is 12.7. The van der Waals surface area contributed by atoms with Gasteiger partial charge in [-0.1, -0.05) is 57.9 Å². The summed E-state index contributed by atoms with van der Waals surface area (Å²) in [5, 5.41) is 7.88. The van der Waals surface area contributed by atoms with E-state index < -0.39 is 0 Å². The molecule has 1 amide bonds. The van der Waals surface area contributed by atoms with Gasteiger partial charge in [-0.25, -0.2) is 0 Å². The molecule has 1 N–H and O–H groups in total. The van der Waals surface area contributed by atoms with Gasteiger partial charge in [0.05, 0.1) is 18.4 Å². The van der Waals surface area contributed by atoms with Gasteiger partial charge in [0.1, 0.15) is 12.4 Å². The van der Waals surface area contributed by atoms with E-state index in [0.29, 0.717) is 29.4 Å². The predicted molar refractivity (Wildman–Crippen MR) is 126 cm³/mol. The van der Waals surface area contributed by atoms with Crippen molar-refractivity contribution in [2.24, 2.45) is 0 Å². The van der Waals surface area contributed by atoms with Gasteiger partial charge in [0.15, 0.2) is 0 Å². The fraction of sp³-hybridized carbons (Fsp3) is 0.0833. The van der Waals surface area contributed by atoms with E-state index in [4.69, 9.17) is 16.3 Å². The van der Waals surface area contributed by atoms with Crippen molar-refractivity contribution in [3.05, 3.63) is 111 Å². The highest BCUT2D eigenvalue weighted by Gasteiger charge is 2.09. The predicted octanol–water partition coefficient (Wildman–Crippen LogP) is 6.18. The second-order valence-electron chi connectivity index (χ2n) is 6.96. The van der Waals surface area contributed by atoms with E-state index in [1.807, 2.05) is 66.7 Å². The molecule has 0 atom stereocenters. The minimum atomic E-state index is -0.202. The van der Waals surface area contributed by atoms with Gasteiger partial charge in [-0.3, -0.25) is 9.48 Å². The van der Waals surface area contributed by atoms with Crippen molar-refractivity contribution in [1.29, 1.82) is 0 Å². The smallest absolute Gasteiger partial charge is 0.255 e. The number of nitrogens with zero attached hydrogens (tertiary/aromatic N) is 2. The first kappa shape index (κ1) is 21.2. The van der Waals surface area contributed by atoms with Crippen molar-refractivity contribution in [3.63, 3.8) is 0 Å². The van der Waals surface area contributed by atoms with Gasteiger partial charge in [0.25, 0.3) is 5.91 Å². The SMILES string of the molecule is O=C(Nc1cnn(Cc2cccc(Cl)c2)c1)c1cccc(COc2cccc(Br)c2)c1. The number of hydrogen-bond donors (Lipinski definition) is 1. The van der Waals surface area contributed by atoms with Crippen molar-refractivity contribution in [2.45, 2.75) is 13.2 Å². The molecule has 7 heteroatoms. The van der Waals surface area contributed by atoms with Crippen LogP contribution in [0.15, 0.2) is 89.7 Å². The largest absolute Gasteiger partial charge is 0.489 e. The summed E-state index contributed by atoms with van der Waals surface area (Å²) < 4.78 is 8.52. The summed E-state index contributed by atoms with van der Waals surface area (Å²) in [5.41, 5.74) is 3.12. The van der Waals surface area contributed by atoms with Crippen LogP contribution in [0.1, 0.15) is 21.5 Å². The van der Waals surface area contributed by atoms with Gasteiger partial charge < -0.3 is 10.1 Å². The summed E-state index contributed by atoms with van der Waals surface area (Å²) in [6.45, 7) is 0.938. The Kier molecular flexibility index (Phi) is 6.70. The lowest BCUT2D eigenvalue weighted by molar-refractivity contribution is 0.102. The van der Waals surface area contributed by atoms with E-state index in [0.717, 1.165) is 21.3 Å². The van der Waals surface area contributed by atoms with Gasteiger partial charge in [0, 0.05) is 21.3 Å². The van der Waals surface area contributed by atoms with Gasteiger partial charge in [-0.05, 0) is 53.6 Å². The Labute approximate surface area is 193 Å². The van der Waals surface area contributed by atoms with Crippen molar-refractivity contribution in [2.75, 3.05) is 5.32 Å². The number of amides is 1. The minimum absolute atomic E-state index is 0.202. The molecule has 31 heavy (non-hydrogen) atoms. The average Bonchev–Trinajstić information content (AvgIpc) is 3.19. The zero-order valence-electron chi connectivity index (χ0n) is 16.5. The summed E-state index contributed by atoms with van der Waals surface area (Å²) >= 11 is 9.46. The molecule has 0 bridgehead atoms. The lowest BCUT2D eigenvalue weighted by atomic mass is 10.1. The molecule has 0 saturated carbocycles. The summed E-state index contributed by atoms with van der Waals surface area (Å²) in [6, 6.07) is 22.6. The fourth-order valence-corrected chi connectivity index (χ4v) is 3.66. The molecule has 0 radical (unpaired) electrons. The lowest BCUT2D eigenvalue weighted by Crippen LogP contribution is -2.12. The van der Waals surface area contributed by atoms with E-state index in [1.54, 1.807) is 23.1 Å². The normalized spacial score (nSPS) is 10.6. The van der Waals surface area contributed by atoms with Crippen LogP contribution in [-0.2, 0) is 13.2 Å². The van der Waals surface area contributed by atoms with Crippen LogP contribution < -0.4 is 10.1 Å². The maximum Gasteiger partial charge on any atom is 0.255 e. The molecule has 1 heterocycles. The van der Waals surface area contributed by atoms with Crippen LogP contribution in [0.25, 0.3) is 0 Å². The van der Waals surface area contributed by atoms with Crippen LogP contribution in [0.5, 0.6) is 5.75 Å². The molecule has 0 fully saturated rings. The van der Waals surface area contributed by atoms with E-state index in [9.17, 15) is 4.79 Å². The van der Waals surface area contributed by atoms with Crippen LogP contribution in [0.4, 0.5) is 5.69 Å². The number of nitrogens with one attached hydrogen (secondary N) is 1. The molecule has 0 unspecified atom stereocenters. The highest BCUT2D eigenvalue weighted by atomic mass is 79.9. The third-order valence-electron chi connectivity index (χ3n) is 4.52. The summed E-state index contributed by atoms with van der Waals surface area (Å²) in [7, 11) is 0. The topological polar surface area (TPSA) is 56.2 Å². The number of carbonyl (C=O) groups excluding carboxylic acids is 1. The molecule has 3 aromatic carbocycles. The molecule has 0 aliphatic carbocycles. The Bertz CT molecular complexity index is 1210. The van der Waals surface area contributed by atoms with E-state index in [2.05, 4.69) is 26.3 Å². The highest BCUT2D eigenvalue weighted by molar-refractivity contribution is 9.10. The van der Waals surface area contributed by atoms with Gasteiger partial charge >= 0.3 is 0 Å². The number of anilines is 1. The first-order valence-corrected chi connectivity index (χ1v) is 10.8. The molecular formula is C24H19BrClN3O2. The molecule has 0 aliphatic heterocycles. The summed E-state index contributed by atoms with van der Waals surface area (Å²) in [4.78, 5) is 12.7. The second-order valence-corrected chi connectivity index (χ2v) is 8.31. The molecule has 1 aromatic heterocycles. The average molecular weight is 497 g/mol. The van der Waals surface area contributed by atoms with Gasteiger partial charge in [-0.15, -0.1) is 0 Å². The van der Waals surface area contributed by atoms with E-state index in [1.165, 1.54) is 0 Å². The lowest BCUT2D eigenvalue weighted by Gasteiger charge is -2.08. The Morgan fingerprint density at radius 1 is 1.03 bits per heavy atom. The van der Waals surface area contributed by atoms with Crippen LogP contribution in [0.2, 0.25) is 5.02 Å². The zero-order valence-corrected chi connectivity index (χ0v) is 18.8. The standard InChI is InChI=1S/C24H19BrClN3O2/c25-20-7-3-9-23(12-20)31-16-18-5-1-6-19(10-18)24(30)28-22-13-27-29(15-22)14-17-4-2-8-21(26)11-17/h1-13,15H,14,16H2,(H,28,30). The molecule has 0 aliphatic rings. The van der Waals surface area contributed by atoms with Crippen molar-refractivity contribution in [3.8, 4) is 5.75 Å². The molecule has 156 valence electrons. The summed E-state index contributed by atoms with van der Waals surface area (Å²) in [5.74, 6) is 0.558. The quantitative estimate of drug-likeness (QED) is 0.332. The number of carbonyl (C=O) groups is 1. The molecule has 5 nitrogen and oxygen atoms in total. The molecular weight excluding hydrogens is 478 g/mol. The fourth-order valence-electron chi connectivity index (χ4n) is 3.07. The van der Waals surface area contributed by atoms with Crippen molar-refractivity contribution >= 4 is 39.1 Å². The Morgan fingerprint density at radius 3 is 2.68 bits per heavy atom. The van der Waals surface area contributed by atoms with E-state index in [-0.39, 0.29) is 5.91 Å². The van der Waals surface area contributed by atoms with Crippen LogP contribution in [0, 0.1) is 0 Å². The molecule has 0 saturated heterocycles. The van der Waals surface area contributed by atoms with Crippen molar-refractivity contribution < 1.29 is 9.53 Å². The Balaban J connectivity index is 1.37. The maximum atomic E-state index is 12.7. The Hall–Kier alpha value is -3.09. The third-order valence-corrected chi connectivity index (χ3v) is 5.24. The first-order chi connectivity index (χ1) is 15.0. The molecule has 4 rings (SSSR count). The number of rotatable bonds is 7. The number of hydrogen-bond acceptors (Lipinski definition) is 3. The van der Waals surface area contributed by atoms with Gasteiger partial charge in [-0.2, -0.15) is 5.10 Å². The molecule has 0 spiro atoms. The second kappa shape index (κ2) is 9.81. The van der Waals surface area contributed by atoms with Gasteiger partial charge in [0.2, 0.25) is 0 Å². The third kappa shape index (κ3) is 5.96. The van der Waals surface area contributed by atoms with Crippen LogP contribution >= 0.6 is 27.5 Å². The number of aromatic nitrogens is 2. The van der Waals surface area contributed by atoms with Crippen LogP contribution in [-0.4, -0.2) is 15.7 Å². The number of ether oxygens (including phenoxy) is 1. The zero-order chi connectivity index (χ0) is 21.6. The highest BCUT2D eigenvalue weighted by Crippen LogP contribution is 2.19. The van der Waals surface area contributed by atoms with Crippen molar-refractivity contribution in [1.82, 2.24) is 9.78 Å². The monoisotopic (exact) mass is 495 g/mol. The Morgan fingerprint density at radius 2 is 1.84 bits per heavy atom. The summed E-state index contributed by atoms with van der Waals surface area (Å²) in [6.07, 6.45) is 3.42. The van der Waals surface area contributed by atoms with Crippen LogP contribution in [0.3, 0.4) is 0 Å². The number of benzene rings is 3. The first-order valence-electron chi connectivity index (χ1n) is 9.61.